The van der Waals surface area contributed by atoms with E-state index in [4.69, 9.17) is 38.5 Å². The van der Waals surface area contributed by atoms with E-state index in [9.17, 15) is 0 Å². The number of rotatable bonds is 0. The Labute approximate surface area is 80.2 Å². The van der Waals surface area contributed by atoms with Crippen LogP contribution >= 0.6 is 15.6 Å². The average molecular weight is 257 g/mol. The van der Waals surface area contributed by atoms with E-state index in [1.54, 1.807) is 0 Å². The smallest absolute Gasteiger partial charge is 0.822 e. The zero-order valence-corrected chi connectivity index (χ0v) is 7.98. The Balaban J connectivity index is -0.0000000457. The molecule has 0 aliphatic heterocycles. The number of hydrogen-bond donors (Lipinski definition) is 0. The van der Waals surface area contributed by atoms with Crippen molar-refractivity contribution in [3.63, 3.8) is 0 Å². The van der Waals surface area contributed by atoms with Gasteiger partial charge in [0.2, 0.25) is 0 Å². The van der Waals surface area contributed by atoms with E-state index in [0.29, 0.717) is 0 Å². The van der Waals surface area contributed by atoms with Crippen molar-refractivity contribution in [3.8, 4) is 0 Å². The normalized spacial score (nSPS) is 9.83. The first-order valence-electron chi connectivity index (χ1n) is 1.46. The summed E-state index contributed by atoms with van der Waals surface area (Å²) in [7, 11) is -10.8. The molecule has 12 heavy (non-hydrogen) atoms. The second-order valence-corrected chi connectivity index (χ2v) is 2.68. The number of hydrogen-bond acceptors (Lipinski definition) is 8. The van der Waals surface area contributed by atoms with Crippen molar-refractivity contribution < 1.29 is 55.6 Å². The minimum atomic E-state index is -5.39. The van der Waals surface area contributed by atoms with Gasteiger partial charge in [0.1, 0.15) is 0 Å². The van der Waals surface area contributed by atoms with Crippen LogP contribution in [0.1, 0.15) is 0 Å². The van der Waals surface area contributed by atoms with Crippen molar-refractivity contribution in [2.75, 3.05) is 0 Å². The first-order valence-corrected chi connectivity index (χ1v) is 4.38. The molecule has 0 spiro atoms. The maximum atomic E-state index is 8.55. The van der Waals surface area contributed by atoms with E-state index in [1.807, 2.05) is 0 Å². The molecule has 12 heteroatoms. The summed E-state index contributed by atoms with van der Waals surface area (Å²) in [4.78, 5) is 51.3. The van der Waals surface area contributed by atoms with Gasteiger partial charge in [-0.2, -0.15) is 15.6 Å². The molecule has 0 saturated heterocycles. The van der Waals surface area contributed by atoms with Crippen LogP contribution in [-0.2, 0) is 26.2 Å². The predicted molar refractivity (Wildman–Crippen MR) is 21.0 cm³/mol. The summed E-state index contributed by atoms with van der Waals surface area (Å²) in [5, 5.41) is 0. The Bertz CT molecular complexity index is 129. The summed E-state index contributed by atoms with van der Waals surface area (Å²) in [5.74, 6) is 0. The van der Waals surface area contributed by atoms with Gasteiger partial charge in [-0.25, -0.2) is 0 Å². The third-order valence-electron chi connectivity index (χ3n) is 0. The Hall–Kier alpha value is 0.804. The zero-order valence-electron chi connectivity index (χ0n) is 5.09. The topological polar surface area (TPSA) is 172 Å². The molecule has 0 saturated carbocycles. The van der Waals surface area contributed by atoms with Gasteiger partial charge in [0, 0.05) is 0 Å². The van der Waals surface area contributed by atoms with Gasteiger partial charge in [0.15, 0.2) is 0 Å². The molecule has 0 unspecified atom stereocenters. The van der Waals surface area contributed by atoms with Crippen molar-refractivity contribution >= 4 is 24.1 Å². The molecule has 0 aliphatic rings. The van der Waals surface area contributed by atoms with Crippen molar-refractivity contribution in [2.24, 2.45) is 0 Å². The SMILES string of the molecule is O=P([O-])([O-])[O-].O=P([O-])([O-])[O-].[B+3].[Fe+3]. The molecule has 0 bridgehead atoms. The third kappa shape index (κ3) is 1610. The van der Waals surface area contributed by atoms with Crippen LogP contribution in [0.3, 0.4) is 0 Å². The quantitative estimate of drug-likeness (QED) is 0.304. The first kappa shape index (κ1) is 23.0. The second-order valence-electron chi connectivity index (χ2n) is 0.894. The largest absolute Gasteiger partial charge is 3.00 e. The molecule has 0 aliphatic carbocycles. The van der Waals surface area contributed by atoms with E-state index < -0.39 is 15.6 Å². The molecule has 0 fully saturated rings. The van der Waals surface area contributed by atoms with Crippen LogP contribution < -0.4 is 29.4 Å². The van der Waals surface area contributed by atoms with E-state index in [1.165, 1.54) is 0 Å². The summed E-state index contributed by atoms with van der Waals surface area (Å²) < 4.78 is 17.1. The van der Waals surface area contributed by atoms with Gasteiger partial charge in [-0.3, -0.25) is 0 Å². The summed E-state index contributed by atoms with van der Waals surface area (Å²) in [6.07, 6.45) is 0. The maximum Gasteiger partial charge on any atom is 3.00 e. The summed E-state index contributed by atoms with van der Waals surface area (Å²) in [5.41, 5.74) is 0. The first-order chi connectivity index (χ1) is 4.00. The molecule has 0 aromatic rings. The van der Waals surface area contributed by atoms with Gasteiger partial charge in [0.05, 0.1) is 0 Å². The van der Waals surface area contributed by atoms with Crippen LogP contribution in [0.25, 0.3) is 0 Å². The Kier molecular flexibility index (Phi) is 16.1. The van der Waals surface area contributed by atoms with Gasteiger partial charge < -0.3 is 38.5 Å². The van der Waals surface area contributed by atoms with Crippen LogP contribution in [0.2, 0.25) is 0 Å². The van der Waals surface area contributed by atoms with E-state index in [2.05, 4.69) is 0 Å². The van der Waals surface area contributed by atoms with Crippen LogP contribution in [0.4, 0.5) is 0 Å². The minimum absolute atomic E-state index is 0. The van der Waals surface area contributed by atoms with Gasteiger partial charge >= 0.3 is 25.5 Å². The third-order valence-corrected chi connectivity index (χ3v) is 0. The van der Waals surface area contributed by atoms with Crippen molar-refractivity contribution in [1.82, 2.24) is 0 Å². The molecule has 69 valence electrons. The second kappa shape index (κ2) is 8.40. The molecule has 0 aromatic heterocycles. The standard InChI is InChI=1S/B.Fe.2H3O4P/c;;2*1-5(2,3)4/h;;2*(H3,1,2,3,4)/q2*+3;;/p-6. The maximum absolute atomic E-state index is 8.55. The van der Waals surface area contributed by atoms with Crippen molar-refractivity contribution in [3.05, 3.63) is 0 Å². The van der Waals surface area contributed by atoms with Crippen LogP contribution in [0.5, 0.6) is 0 Å². The zero-order chi connectivity index (χ0) is 9.00. The molecule has 0 heterocycles. The molecule has 8 nitrogen and oxygen atoms in total. The molecule has 0 aromatic carbocycles. The van der Waals surface area contributed by atoms with E-state index in [0.717, 1.165) is 0 Å². The Morgan fingerprint density at radius 2 is 0.667 bits per heavy atom. The van der Waals surface area contributed by atoms with Crippen LogP contribution in [-0.4, -0.2) is 8.41 Å². The molecular formula is BFeO8P2. The summed E-state index contributed by atoms with van der Waals surface area (Å²) >= 11 is 0. The van der Waals surface area contributed by atoms with Crippen LogP contribution in [0, 0.1) is 0 Å². The fourth-order valence-corrected chi connectivity index (χ4v) is 0. The fourth-order valence-electron chi connectivity index (χ4n) is 0. The molecular weight excluding hydrogens is 257 g/mol. The molecule has 0 amide bonds. The summed E-state index contributed by atoms with van der Waals surface area (Å²) in [6.45, 7) is 0. The minimum Gasteiger partial charge on any atom is -0.822 e. The van der Waals surface area contributed by atoms with E-state index >= 15 is 0 Å². The Morgan fingerprint density at radius 1 is 0.667 bits per heavy atom. The van der Waals surface area contributed by atoms with Gasteiger partial charge in [-0.05, 0) is 0 Å². The number of phosphoric acid groups is 2. The molecule has 0 rings (SSSR count). The molecule has 0 N–H and O–H groups in total. The molecule has 0 atom stereocenters. The van der Waals surface area contributed by atoms with Gasteiger partial charge in [-0.15, -0.1) is 0 Å². The monoisotopic (exact) mass is 257 g/mol. The van der Waals surface area contributed by atoms with Gasteiger partial charge in [0.25, 0.3) is 0 Å². The predicted octanol–water partition coefficient (Wildman–Crippen LogP) is -6.03. The van der Waals surface area contributed by atoms with Crippen molar-refractivity contribution in [1.29, 1.82) is 0 Å². The summed E-state index contributed by atoms with van der Waals surface area (Å²) in [6, 6.07) is 0. The van der Waals surface area contributed by atoms with Crippen LogP contribution in [0.15, 0.2) is 0 Å². The van der Waals surface area contributed by atoms with Crippen molar-refractivity contribution in [2.45, 2.75) is 0 Å². The van der Waals surface area contributed by atoms with Gasteiger partial charge in [-0.1, -0.05) is 0 Å². The molecule has 1 radical (unpaired) electrons. The Morgan fingerprint density at radius 3 is 0.667 bits per heavy atom. The van der Waals surface area contributed by atoms with E-state index in [-0.39, 0.29) is 25.5 Å². The fraction of sp³-hybridized carbons (Fsp3) is 0. The average Bonchev–Trinajstić information content (AvgIpc) is 1.12.